The summed E-state index contributed by atoms with van der Waals surface area (Å²) in [5.74, 6) is -2.01. The van der Waals surface area contributed by atoms with Crippen molar-refractivity contribution in [3.05, 3.63) is 11.6 Å². The maximum Gasteiger partial charge on any atom is 0.309 e. The van der Waals surface area contributed by atoms with Crippen molar-refractivity contribution < 1.29 is 34.1 Å². The molecule has 0 bridgehead atoms. The molecule has 7 nitrogen and oxygen atoms in total. The quantitative estimate of drug-likeness (QED) is 0.328. The van der Waals surface area contributed by atoms with Crippen LogP contribution in [-0.4, -0.2) is 40.0 Å². The lowest BCUT2D eigenvalue weighted by atomic mass is 9.31. The van der Waals surface area contributed by atoms with Gasteiger partial charge >= 0.3 is 17.9 Å². The molecule has 7 heteroatoms. The summed E-state index contributed by atoms with van der Waals surface area (Å²) >= 11 is 0. The lowest BCUT2D eigenvalue weighted by molar-refractivity contribution is -0.215. The number of ketones is 1. The van der Waals surface area contributed by atoms with Crippen LogP contribution < -0.4 is 0 Å². The molecule has 4 fully saturated rings. The first-order valence-electron chi connectivity index (χ1n) is 16.1. The molecule has 5 aliphatic carbocycles. The highest BCUT2D eigenvalue weighted by molar-refractivity contribution is 5.96. The fraction of sp³-hybridized carbons (Fsp3) is 0.829. The first-order chi connectivity index (χ1) is 19.2. The lowest BCUT2D eigenvalue weighted by Crippen LogP contribution is -2.68. The number of ether oxygens (including phenoxy) is 1. The molecular formula is C35H52O7. The summed E-state index contributed by atoms with van der Waals surface area (Å²) in [5, 5.41) is 19.2. The molecule has 4 saturated carbocycles. The van der Waals surface area contributed by atoms with Crippen molar-refractivity contribution in [1.29, 1.82) is 0 Å². The molecule has 0 aromatic carbocycles. The number of rotatable bonds is 5. The van der Waals surface area contributed by atoms with Crippen molar-refractivity contribution in [1.82, 2.24) is 0 Å². The average molecular weight is 585 g/mol. The Hall–Kier alpha value is -2.18. The summed E-state index contributed by atoms with van der Waals surface area (Å²) in [5.41, 5.74) is -1.12. The van der Waals surface area contributed by atoms with E-state index in [0.29, 0.717) is 19.3 Å². The molecule has 5 rings (SSSR count). The molecular weight excluding hydrogens is 532 g/mol. The summed E-state index contributed by atoms with van der Waals surface area (Å²) < 4.78 is 5.92. The van der Waals surface area contributed by atoms with Gasteiger partial charge in [-0.25, -0.2) is 0 Å². The summed E-state index contributed by atoms with van der Waals surface area (Å²) in [7, 11) is 0. The van der Waals surface area contributed by atoms with E-state index in [1.807, 2.05) is 13.0 Å². The molecule has 0 amide bonds. The monoisotopic (exact) mass is 584 g/mol. The Labute approximate surface area is 251 Å². The summed E-state index contributed by atoms with van der Waals surface area (Å²) in [6.45, 7) is 17.8. The standard InChI is InChI=1S/C35H52O7/c1-29(2)22-11-14-34(7)27(32(22,5)13-12-24(29)42-26(39)10-9-25(37)38)21(36)19-23-33(34,6)18-17-31(4)16-15-30(3,28(40)41)20-35(23,31)8/h19,22,24,27H,9-18,20H2,1-8H3,(H,37,38)(H,40,41)/t22?,24?,27?,30-,31+,32-,33+,34+,35-/m0/s1. The maximum absolute atomic E-state index is 14.6. The van der Waals surface area contributed by atoms with E-state index in [0.717, 1.165) is 38.5 Å². The summed E-state index contributed by atoms with van der Waals surface area (Å²) in [4.78, 5) is 50.6. The SMILES string of the molecule is CC1(C)C(OC(=O)CCC(=O)O)CC[C@@]2(C)C1CC[C@]1(C)C2C(=O)C=C2[C@]3(C)C[C@@](C)(C(=O)O)CC[C@]3(C)CC[C@]21C. The first kappa shape index (κ1) is 31.3. The molecule has 0 aromatic heterocycles. The zero-order valence-electron chi connectivity index (χ0n) is 27.0. The minimum Gasteiger partial charge on any atom is -0.481 e. The van der Waals surface area contributed by atoms with Gasteiger partial charge in [0.25, 0.3) is 0 Å². The minimum atomic E-state index is -1.01. The van der Waals surface area contributed by atoms with Crippen LogP contribution >= 0.6 is 0 Å². The number of aliphatic carboxylic acids is 2. The highest BCUT2D eigenvalue weighted by atomic mass is 16.5. The van der Waals surface area contributed by atoms with Gasteiger partial charge in [0.2, 0.25) is 0 Å². The van der Waals surface area contributed by atoms with Crippen molar-refractivity contribution in [2.45, 2.75) is 132 Å². The average Bonchev–Trinajstić information content (AvgIpc) is 2.87. The van der Waals surface area contributed by atoms with Crippen molar-refractivity contribution in [2.75, 3.05) is 0 Å². The van der Waals surface area contributed by atoms with Gasteiger partial charge in [-0.1, -0.05) is 54.0 Å². The van der Waals surface area contributed by atoms with Gasteiger partial charge in [0.05, 0.1) is 18.3 Å². The number of carboxylic acids is 2. The zero-order valence-corrected chi connectivity index (χ0v) is 27.0. The summed E-state index contributed by atoms with van der Waals surface area (Å²) in [6.07, 6.45) is 8.66. The molecule has 234 valence electrons. The van der Waals surface area contributed by atoms with Crippen LogP contribution in [0.3, 0.4) is 0 Å². The molecule has 9 atom stereocenters. The topological polar surface area (TPSA) is 118 Å². The summed E-state index contributed by atoms with van der Waals surface area (Å²) in [6, 6.07) is 0. The normalized spacial score (nSPS) is 47.6. The van der Waals surface area contributed by atoms with Crippen LogP contribution in [0.2, 0.25) is 0 Å². The number of esters is 1. The Kier molecular flexibility index (Phi) is 7.00. The Morgan fingerprint density at radius 3 is 2.10 bits per heavy atom. The van der Waals surface area contributed by atoms with E-state index in [-0.39, 0.29) is 69.1 Å². The highest BCUT2D eigenvalue weighted by Gasteiger charge is 2.72. The molecule has 0 aliphatic heterocycles. The van der Waals surface area contributed by atoms with Gasteiger partial charge < -0.3 is 14.9 Å². The van der Waals surface area contributed by atoms with Crippen molar-refractivity contribution >= 4 is 23.7 Å². The van der Waals surface area contributed by atoms with E-state index in [2.05, 4.69) is 48.5 Å². The van der Waals surface area contributed by atoms with Gasteiger partial charge in [0.1, 0.15) is 6.10 Å². The van der Waals surface area contributed by atoms with E-state index in [9.17, 15) is 24.3 Å². The first-order valence-corrected chi connectivity index (χ1v) is 16.1. The number of carbonyl (C=O) groups excluding carboxylic acids is 2. The Morgan fingerprint density at radius 1 is 0.833 bits per heavy atom. The number of carboxylic acid groups (broad SMARTS) is 2. The van der Waals surface area contributed by atoms with E-state index in [4.69, 9.17) is 9.84 Å². The Balaban J connectivity index is 1.52. The number of hydrogen-bond donors (Lipinski definition) is 2. The van der Waals surface area contributed by atoms with Gasteiger partial charge in [-0.2, -0.15) is 0 Å². The molecule has 5 aliphatic rings. The molecule has 0 radical (unpaired) electrons. The largest absolute Gasteiger partial charge is 0.481 e. The number of fused-ring (bicyclic) bond motifs is 7. The van der Waals surface area contributed by atoms with Crippen LogP contribution in [0.5, 0.6) is 0 Å². The van der Waals surface area contributed by atoms with Crippen LogP contribution in [0, 0.1) is 49.7 Å². The van der Waals surface area contributed by atoms with Crippen LogP contribution in [-0.2, 0) is 23.9 Å². The van der Waals surface area contributed by atoms with E-state index >= 15 is 0 Å². The third-order valence-electron chi connectivity index (χ3n) is 14.6. The van der Waals surface area contributed by atoms with Gasteiger partial charge in [0, 0.05) is 11.3 Å². The molecule has 0 saturated heterocycles. The van der Waals surface area contributed by atoms with Crippen LogP contribution in [0.1, 0.15) is 126 Å². The second kappa shape index (κ2) is 9.41. The number of hydrogen-bond acceptors (Lipinski definition) is 5. The highest BCUT2D eigenvalue weighted by Crippen LogP contribution is 2.77. The van der Waals surface area contributed by atoms with Gasteiger partial charge in [-0.3, -0.25) is 19.2 Å². The Bertz CT molecular complexity index is 1250. The predicted molar refractivity (Wildman–Crippen MR) is 158 cm³/mol. The van der Waals surface area contributed by atoms with Gasteiger partial charge in [-0.15, -0.1) is 0 Å². The fourth-order valence-corrected chi connectivity index (χ4v) is 11.6. The molecule has 3 unspecified atom stereocenters. The Morgan fingerprint density at radius 2 is 1.48 bits per heavy atom. The van der Waals surface area contributed by atoms with Gasteiger partial charge in [-0.05, 0) is 104 Å². The van der Waals surface area contributed by atoms with Crippen LogP contribution in [0.25, 0.3) is 0 Å². The van der Waals surface area contributed by atoms with E-state index in [1.165, 1.54) is 5.57 Å². The molecule has 0 spiro atoms. The molecule has 0 heterocycles. The third kappa shape index (κ3) is 4.03. The second-order valence-corrected chi connectivity index (χ2v) is 16.9. The smallest absolute Gasteiger partial charge is 0.309 e. The number of carbonyl (C=O) groups is 4. The van der Waals surface area contributed by atoms with Crippen LogP contribution in [0.4, 0.5) is 0 Å². The van der Waals surface area contributed by atoms with Crippen molar-refractivity contribution in [3.8, 4) is 0 Å². The third-order valence-corrected chi connectivity index (χ3v) is 14.6. The fourth-order valence-electron chi connectivity index (χ4n) is 11.6. The van der Waals surface area contributed by atoms with Crippen molar-refractivity contribution in [2.24, 2.45) is 49.7 Å². The van der Waals surface area contributed by atoms with Crippen LogP contribution in [0.15, 0.2) is 11.6 Å². The van der Waals surface area contributed by atoms with E-state index < -0.39 is 23.3 Å². The number of allylic oxidation sites excluding steroid dienone is 2. The molecule has 2 N–H and O–H groups in total. The second-order valence-electron chi connectivity index (χ2n) is 16.9. The minimum absolute atomic E-state index is 0.0392. The zero-order chi connectivity index (χ0) is 31.3. The maximum atomic E-state index is 14.6. The van der Waals surface area contributed by atoms with E-state index in [1.54, 1.807) is 0 Å². The predicted octanol–water partition coefficient (Wildman–Crippen LogP) is 7.22. The lowest BCUT2D eigenvalue weighted by Gasteiger charge is -2.72. The molecule has 42 heavy (non-hydrogen) atoms. The van der Waals surface area contributed by atoms with Crippen molar-refractivity contribution in [3.63, 3.8) is 0 Å². The molecule has 0 aromatic rings. The van der Waals surface area contributed by atoms with Gasteiger partial charge in [0.15, 0.2) is 5.78 Å².